The molecular weight excluding hydrogens is 260 g/mol. The summed E-state index contributed by atoms with van der Waals surface area (Å²) in [5, 5.41) is 0. The van der Waals surface area contributed by atoms with Gasteiger partial charge in [0.25, 0.3) is 0 Å². The Labute approximate surface area is 99.7 Å². The lowest BCUT2D eigenvalue weighted by Gasteiger charge is -2.27. The summed E-state index contributed by atoms with van der Waals surface area (Å²) in [5.41, 5.74) is 0. The van der Waals surface area contributed by atoms with Crippen LogP contribution < -0.4 is 0 Å². The first kappa shape index (κ1) is 14.4. The third-order valence-electron chi connectivity index (χ3n) is 2.00. The molecule has 0 aromatic rings. The second kappa shape index (κ2) is 5.49. The minimum Gasteiger partial charge on any atom is -0.347 e. The number of likely N-dealkylation sites (N-methyl/N-ethyl adjacent to an activating group) is 2. The molecule has 0 saturated heterocycles. The van der Waals surface area contributed by atoms with Gasteiger partial charge < -0.3 is 9.80 Å². The van der Waals surface area contributed by atoms with Crippen LogP contribution in [0.15, 0.2) is 0 Å². The lowest BCUT2D eigenvalue weighted by molar-refractivity contribution is -0.139. The molecule has 15 heavy (non-hydrogen) atoms. The van der Waals surface area contributed by atoms with Crippen molar-refractivity contribution in [2.75, 3.05) is 27.2 Å². The van der Waals surface area contributed by atoms with Gasteiger partial charge in [0.15, 0.2) is 0 Å². The number of rotatable bonds is 4. The van der Waals surface area contributed by atoms with E-state index in [1.807, 2.05) is 6.92 Å². The highest BCUT2D eigenvalue weighted by atomic mass is 79.9. The van der Waals surface area contributed by atoms with E-state index in [9.17, 15) is 9.59 Å². The second-order valence-electron chi connectivity index (χ2n) is 4.08. The topological polar surface area (TPSA) is 40.6 Å². The molecule has 0 unspecified atom stereocenters. The highest BCUT2D eigenvalue weighted by Gasteiger charge is 2.29. The van der Waals surface area contributed by atoms with Crippen LogP contribution in [0, 0.1) is 0 Å². The molecule has 4 nitrogen and oxygen atoms in total. The number of carbonyl (C=O) groups is 2. The molecule has 0 aliphatic rings. The van der Waals surface area contributed by atoms with Gasteiger partial charge >= 0.3 is 0 Å². The zero-order valence-electron chi connectivity index (χ0n) is 10.0. The fourth-order valence-electron chi connectivity index (χ4n) is 1.01. The molecule has 88 valence electrons. The van der Waals surface area contributed by atoms with Crippen molar-refractivity contribution < 1.29 is 9.59 Å². The van der Waals surface area contributed by atoms with Crippen molar-refractivity contribution in [1.29, 1.82) is 0 Å². The Morgan fingerprint density at radius 1 is 1.27 bits per heavy atom. The standard InChI is InChI=1S/C10H19BrN2O2/c1-6-13(7-8(14)12(4)5)9(15)10(2,3)11/h6-7H2,1-5H3. The first-order valence-electron chi connectivity index (χ1n) is 4.88. The molecule has 0 aliphatic heterocycles. The van der Waals surface area contributed by atoms with E-state index in [4.69, 9.17) is 0 Å². The molecule has 0 heterocycles. The number of hydrogen-bond acceptors (Lipinski definition) is 2. The van der Waals surface area contributed by atoms with Gasteiger partial charge in [-0.15, -0.1) is 0 Å². The van der Waals surface area contributed by atoms with Crippen LogP contribution in [0.1, 0.15) is 20.8 Å². The van der Waals surface area contributed by atoms with E-state index in [1.54, 1.807) is 27.9 Å². The van der Waals surface area contributed by atoms with Gasteiger partial charge in [0.1, 0.15) is 0 Å². The molecule has 0 aliphatic carbocycles. The van der Waals surface area contributed by atoms with Crippen molar-refractivity contribution >= 4 is 27.7 Å². The summed E-state index contributed by atoms with van der Waals surface area (Å²) < 4.78 is -0.615. The average Bonchev–Trinajstić information content (AvgIpc) is 2.10. The van der Waals surface area contributed by atoms with Crippen molar-refractivity contribution in [2.45, 2.75) is 25.1 Å². The number of halogens is 1. The quantitative estimate of drug-likeness (QED) is 0.723. The summed E-state index contributed by atoms with van der Waals surface area (Å²) >= 11 is 3.30. The fraction of sp³-hybridized carbons (Fsp3) is 0.800. The van der Waals surface area contributed by atoms with Crippen LogP contribution in [0.3, 0.4) is 0 Å². The first-order chi connectivity index (χ1) is 6.70. The maximum atomic E-state index is 11.9. The molecule has 5 heteroatoms. The van der Waals surface area contributed by atoms with Crippen LogP contribution in [0.5, 0.6) is 0 Å². The van der Waals surface area contributed by atoms with E-state index >= 15 is 0 Å². The van der Waals surface area contributed by atoms with Crippen LogP contribution in [-0.4, -0.2) is 53.1 Å². The molecule has 0 spiro atoms. The lowest BCUT2D eigenvalue weighted by atomic mass is 10.2. The monoisotopic (exact) mass is 278 g/mol. The molecular formula is C10H19BrN2O2. The van der Waals surface area contributed by atoms with E-state index in [0.717, 1.165) is 0 Å². The molecule has 0 aromatic carbocycles. The molecule has 0 aromatic heterocycles. The molecule has 0 N–H and O–H groups in total. The normalized spacial score (nSPS) is 11.1. The van der Waals surface area contributed by atoms with E-state index in [0.29, 0.717) is 6.54 Å². The Bertz CT molecular complexity index is 246. The molecule has 0 fully saturated rings. The van der Waals surface area contributed by atoms with Crippen LogP contribution in [-0.2, 0) is 9.59 Å². The van der Waals surface area contributed by atoms with Gasteiger partial charge in [0, 0.05) is 20.6 Å². The van der Waals surface area contributed by atoms with E-state index < -0.39 is 4.32 Å². The van der Waals surface area contributed by atoms with Gasteiger partial charge in [-0.3, -0.25) is 9.59 Å². The van der Waals surface area contributed by atoms with Crippen LogP contribution in [0.25, 0.3) is 0 Å². The van der Waals surface area contributed by atoms with Crippen molar-refractivity contribution in [3.63, 3.8) is 0 Å². The zero-order chi connectivity index (χ0) is 12.2. The predicted molar refractivity (Wildman–Crippen MR) is 64.0 cm³/mol. The summed E-state index contributed by atoms with van der Waals surface area (Å²) in [4.78, 5) is 26.3. The Morgan fingerprint density at radius 2 is 1.73 bits per heavy atom. The first-order valence-corrected chi connectivity index (χ1v) is 5.67. The van der Waals surface area contributed by atoms with Crippen molar-refractivity contribution in [3.05, 3.63) is 0 Å². The van der Waals surface area contributed by atoms with Crippen LogP contribution >= 0.6 is 15.9 Å². The Morgan fingerprint density at radius 3 is 2.00 bits per heavy atom. The number of amides is 2. The fourth-order valence-corrected chi connectivity index (χ4v) is 1.26. The van der Waals surface area contributed by atoms with Crippen molar-refractivity contribution in [3.8, 4) is 0 Å². The van der Waals surface area contributed by atoms with E-state index in [1.165, 1.54) is 9.80 Å². The maximum Gasteiger partial charge on any atom is 0.241 e. The minimum atomic E-state index is -0.615. The molecule has 0 atom stereocenters. The van der Waals surface area contributed by atoms with E-state index in [-0.39, 0.29) is 18.4 Å². The number of hydrogen-bond donors (Lipinski definition) is 0. The summed E-state index contributed by atoms with van der Waals surface area (Å²) in [7, 11) is 3.36. The molecule has 0 radical (unpaired) electrons. The number of carbonyl (C=O) groups excluding carboxylic acids is 2. The van der Waals surface area contributed by atoms with Gasteiger partial charge in [-0.1, -0.05) is 15.9 Å². The number of nitrogens with zero attached hydrogens (tertiary/aromatic N) is 2. The Kier molecular flexibility index (Phi) is 5.28. The third kappa shape index (κ3) is 4.64. The predicted octanol–water partition coefficient (Wildman–Crippen LogP) is 1.10. The minimum absolute atomic E-state index is 0.0676. The summed E-state index contributed by atoms with van der Waals surface area (Å²) in [6, 6.07) is 0. The highest BCUT2D eigenvalue weighted by Crippen LogP contribution is 2.19. The zero-order valence-corrected chi connectivity index (χ0v) is 11.6. The Hall–Kier alpha value is -0.580. The second-order valence-corrected chi connectivity index (χ2v) is 6.06. The smallest absolute Gasteiger partial charge is 0.241 e. The Balaban J connectivity index is 4.52. The number of alkyl halides is 1. The maximum absolute atomic E-state index is 11.9. The molecule has 0 bridgehead atoms. The van der Waals surface area contributed by atoms with Gasteiger partial charge in [-0.25, -0.2) is 0 Å². The summed E-state index contributed by atoms with van der Waals surface area (Å²) in [6.45, 7) is 6.08. The van der Waals surface area contributed by atoms with Crippen LogP contribution in [0.4, 0.5) is 0 Å². The van der Waals surface area contributed by atoms with Gasteiger partial charge in [0.2, 0.25) is 11.8 Å². The largest absolute Gasteiger partial charge is 0.347 e. The van der Waals surface area contributed by atoms with Crippen molar-refractivity contribution in [2.24, 2.45) is 0 Å². The van der Waals surface area contributed by atoms with Gasteiger partial charge in [-0.2, -0.15) is 0 Å². The van der Waals surface area contributed by atoms with Gasteiger partial charge in [0.05, 0.1) is 10.9 Å². The summed E-state index contributed by atoms with van der Waals surface area (Å²) in [6.07, 6.45) is 0. The molecule has 0 rings (SSSR count). The molecule has 2 amide bonds. The third-order valence-corrected chi connectivity index (χ3v) is 2.34. The highest BCUT2D eigenvalue weighted by molar-refractivity contribution is 9.10. The van der Waals surface area contributed by atoms with E-state index in [2.05, 4.69) is 15.9 Å². The van der Waals surface area contributed by atoms with Crippen molar-refractivity contribution in [1.82, 2.24) is 9.80 Å². The summed E-state index contributed by atoms with van der Waals surface area (Å²) in [5.74, 6) is -0.137. The lowest BCUT2D eigenvalue weighted by Crippen LogP contribution is -2.46. The average molecular weight is 279 g/mol. The van der Waals surface area contributed by atoms with Crippen LogP contribution in [0.2, 0.25) is 0 Å². The van der Waals surface area contributed by atoms with Gasteiger partial charge in [-0.05, 0) is 20.8 Å². The molecule has 0 saturated carbocycles. The SMILES string of the molecule is CCN(CC(=O)N(C)C)C(=O)C(C)(C)Br.